The molecule has 0 spiro atoms. The summed E-state index contributed by atoms with van der Waals surface area (Å²) in [5.74, 6) is 1.13. The molecule has 1 aromatic carbocycles. The summed E-state index contributed by atoms with van der Waals surface area (Å²) in [7, 11) is 0. The monoisotopic (exact) mass is 380 g/mol. The van der Waals surface area contributed by atoms with Crippen LogP contribution in [-0.2, 0) is 0 Å². The Morgan fingerprint density at radius 3 is 2.62 bits per heavy atom. The van der Waals surface area contributed by atoms with Crippen LogP contribution in [-0.4, -0.2) is 48.8 Å². The Morgan fingerprint density at radius 1 is 1.15 bits per heavy atom. The van der Waals surface area contributed by atoms with Gasteiger partial charge in [-0.05, 0) is 50.6 Å². The highest BCUT2D eigenvalue weighted by molar-refractivity contribution is 6.31. The molecule has 142 valence electrons. The molecule has 4 rings (SSSR count). The Balaban J connectivity index is 1.32. The van der Waals surface area contributed by atoms with Crippen molar-refractivity contribution in [1.82, 2.24) is 10.1 Å². The van der Waals surface area contributed by atoms with E-state index >= 15 is 0 Å². The fourth-order valence-electron chi connectivity index (χ4n) is 4.17. The second-order valence-corrected chi connectivity index (χ2v) is 8.07. The number of benzene rings is 1. The minimum absolute atomic E-state index is 0.104. The lowest BCUT2D eigenvalue weighted by Gasteiger charge is -2.36. The molecule has 1 saturated heterocycles. The van der Waals surface area contributed by atoms with Gasteiger partial charge in [0.1, 0.15) is 5.82 Å². The Labute approximate surface area is 158 Å². The normalized spacial score (nSPS) is 25.1. The summed E-state index contributed by atoms with van der Waals surface area (Å²) in [5.41, 5.74) is 6.44. The molecule has 7 heteroatoms. The number of hydrogen-bond acceptors (Lipinski definition) is 5. The van der Waals surface area contributed by atoms with Crippen LogP contribution in [0.5, 0.6) is 0 Å². The lowest BCUT2D eigenvalue weighted by Crippen LogP contribution is -2.47. The maximum absolute atomic E-state index is 13.6. The standard InChI is InChI=1S/C19H26ClFN4O/c20-16-11-15-18(12-17(16)21)26-23-19(15)25-9-7-24(8-10-25)6-5-13-1-3-14(22)4-2-13/h11-14H,1-10,22H2/t13-,14-. The van der Waals surface area contributed by atoms with Gasteiger partial charge in [-0.1, -0.05) is 16.8 Å². The molecule has 1 aliphatic heterocycles. The predicted octanol–water partition coefficient (Wildman–Crippen LogP) is 3.65. The van der Waals surface area contributed by atoms with E-state index in [4.69, 9.17) is 21.9 Å². The van der Waals surface area contributed by atoms with Crippen LogP contribution in [0.1, 0.15) is 32.1 Å². The molecule has 0 radical (unpaired) electrons. The van der Waals surface area contributed by atoms with Crippen molar-refractivity contribution in [2.45, 2.75) is 38.1 Å². The zero-order valence-corrected chi connectivity index (χ0v) is 15.7. The first-order valence-corrected chi connectivity index (χ1v) is 9.95. The van der Waals surface area contributed by atoms with Gasteiger partial charge in [0, 0.05) is 38.3 Å². The lowest BCUT2D eigenvalue weighted by atomic mass is 9.84. The van der Waals surface area contributed by atoms with Crippen molar-refractivity contribution >= 4 is 28.4 Å². The summed E-state index contributed by atoms with van der Waals surface area (Å²) >= 11 is 5.92. The molecule has 2 aromatic rings. The molecule has 2 heterocycles. The number of aromatic nitrogens is 1. The molecule has 2 aliphatic rings. The molecule has 0 amide bonds. The Morgan fingerprint density at radius 2 is 1.88 bits per heavy atom. The summed E-state index contributed by atoms with van der Waals surface area (Å²) < 4.78 is 18.9. The zero-order chi connectivity index (χ0) is 18.1. The molecule has 2 N–H and O–H groups in total. The van der Waals surface area contributed by atoms with E-state index < -0.39 is 5.82 Å². The van der Waals surface area contributed by atoms with E-state index in [1.807, 2.05) is 0 Å². The van der Waals surface area contributed by atoms with E-state index in [1.54, 1.807) is 6.07 Å². The van der Waals surface area contributed by atoms with E-state index in [0.717, 1.165) is 49.8 Å². The summed E-state index contributed by atoms with van der Waals surface area (Å²) in [6.45, 7) is 4.97. The van der Waals surface area contributed by atoms with Crippen molar-refractivity contribution in [2.75, 3.05) is 37.6 Å². The van der Waals surface area contributed by atoms with E-state index in [-0.39, 0.29) is 5.02 Å². The SMILES string of the molecule is N[C@H]1CC[C@H](CCN2CCN(c3noc4cc(F)c(Cl)cc34)CC2)CC1. The number of fused-ring (bicyclic) bond motifs is 1. The van der Waals surface area contributed by atoms with Crippen LogP contribution in [0.15, 0.2) is 16.7 Å². The summed E-state index contributed by atoms with van der Waals surface area (Å²) in [5, 5.41) is 5.03. The van der Waals surface area contributed by atoms with Gasteiger partial charge in [-0.25, -0.2) is 4.39 Å². The van der Waals surface area contributed by atoms with Gasteiger partial charge in [-0.3, -0.25) is 4.90 Å². The second kappa shape index (κ2) is 7.71. The maximum Gasteiger partial charge on any atom is 0.180 e. The fraction of sp³-hybridized carbons (Fsp3) is 0.632. The fourth-order valence-corrected chi connectivity index (χ4v) is 4.34. The Hall–Kier alpha value is -1.37. The first-order chi connectivity index (χ1) is 12.6. The molecule has 0 unspecified atom stereocenters. The van der Waals surface area contributed by atoms with Crippen molar-refractivity contribution in [3.63, 3.8) is 0 Å². The van der Waals surface area contributed by atoms with Gasteiger partial charge in [-0.15, -0.1) is 0 Å². The van der Waals surface area contributed by atoms with Gasteiger partial charge in [-0.2, -0.15) is 0 Å². The topological polar surface area (TPSA) is 58.5 Å². The van der Waals surface area contributed by atoms with Gasteiger partial charge in [0.2, 0.25) is 0 Å². The average molecular weight is 381 g/mol. The highest BCUT2D eigenvalue weighted by Gasteiger charge is 2.24. The van der Waals surface area contributed by atoms with Crippen LogP contribution in [0.25, 0.3) is 11.0 Å². The number of nitrogens with zero attached hydrogens (tertiary/aromatic N) is 3. The Bertz CT molecular complexity index is 751. The second-order valence-electron chi connectivity index (χ2n) is 7.67. The predicted molar refractivity (Wildman–Crippen MR) is 102 cm³/mol. The van der Waals surface area contributed by atoms with Gasteiger partial charge in [0.15, 0.2) is 11.4 Å². The van der Waals surface area contributed by atoms with Crippen molar-refractivity contribution < 1.29 is 8.91 Å². The number of halogens is 2. The van der Waals surface area contributed by atoms with E-state index in [2.05, 4.69) is 15.0 Å². The smallest absolute Gasteiger partial charge is 0.180 e. The summed E-state index contributed by atoms with van der Waals surface area (Å²) in [6.07, 6.45) is 6.20. The van der Waals surface area contributed by atoms with E-state index in [1.165, 1.54) is 38.2 Å². The largest absolute Gasteiger partial charge is 0.354 e. The third-order valence-electron chi connectivity index (χ3n) is 5.91. The molecule has 2 fully saturated rings. The molecule has 1 aliphatic carbocycles. The summed E-state index contributed by atoms with van der Waals surface area (Å²) in [4.78, 5) is 4.73. The number of hydrogen-bond donors (Lipinski definition) is 1. The van der Waals surface area contributed by atoms with Crippen LogP contribution in [0.3, 0.4) is 0 Å². The first kappa shape index (κ1) is 18.0. The number of rotatable bonds is 4. The van der Waals surface area contributed by atoms with Crippen LogP contribution in [0.2, 0.25) is 5.02 Å². The average Bonchev–Trinajstić information content (AvgIpc) is 3.05. The quantitative estimate of drug-likeness (QED) is 0.877. The molecular weight excluding hydrogens is 355 g/mol. The van der Waals surface area contributed by atoms with Crippen LogP contribution < -0.4 is 10.6 Å². The van der Waals surface area contributed by atoms with Crippen molar-refractivity contribution in [3.8, 4) is 0 Å². The first-order valence-electron chi connectivity index (χ1n) is 9.57. The van der Waals surface area contributed by atoms with Crippen molar-refractivity contribution in [3.05, 3.63) is 23.0 Å². The third-order valence-corrected chi connectivity index (χ3v) is 6.20. The molecule has 26 heavy (non-hydrogen) atoms. The highest BCUT2D eigenvalue weighted by atomic mass is 35.5. The zero-order valence-electron chi connectivity index (χ0n) is 15.0. The Kier molecular flexibility index (Phi) is 5.34. The van der Waals surface area contributed by atoms with Crippen LogP contribution >= 0.6 is 11.6 Å². The van der Waals surface area contributed by atoms with Crippen molar-refractivity contribution in [1.29, 1.82) is 0 Å². The van der Waals surface area contributed by atoms with Gasteiger partial charge in [0.05, 0.1) is 10.4 Å². The van der Waals surface area contributed by atoms with E-state index in [0.29, 0.717) is 11.6 Å². The minimum Gasteiger partial charge on any atom is -0.354 e. The number of nitrogens with two attached hydrogens (primary N) is 1. The molecule has 5 nitrogen and oxygen atoms in total. The van der Waals surface area contributed by atoms with Crippen LogP contribution in [0, 0.1) is 11.7 Å². The van der Waals surface area contributed by atoms with E-state index in [9.17, 15) is 4.39 Å². The molecule has 0 atom stereocenters. The summed E-state index contributed by atoms with van der Waals surface area (Å²) in [6, 6.07) is 3.34. The molecule has 1 aromatic heterocycles. The van der Waals surface area contributed by atoms with Gasteiger partial charge in [0.25, 0.3) is 0 Å². The third kappa shape index (κ3) is 3.82. The molecular formula is C19H26ClFN4O. The number of piperazine rings is 1. The number of anilines is 1. The van der Waals surface area contributed by atoms with Crippen molar-refractivity contribution in [2.24, 2.45) is 11.7 Å². The minimum atomic E-state index is -0.477. The molecule has 0 bridgehead atoms. The lowest BCUT2D eigenvalue weighted by molar-refractivity contribution is 0.216. The highest BCUT2D eigenvalue weighted by Crippen LogP contribution is 2.31. The van der Waals surface area contributed by atoms with Gasteiger partial charge >= 0.3 is 0 Å². The maximum atomic E-state index is 13.6. The van der Waals surface area contributed by atoms with Gasteiger partial charge < -0.3 is 15.2 Å². The van der Waals surface area contributed by atoms with Crippen LogP contribution in [0.4, 0.5) is 10.2 Å². The molecule has 1 saturated carbocycles.